The molecule has 0 aliphatic heterocycles. The molecule has 2 aromatic rings. The van der Waals surface area contributed by atoms with Crippen molar-refractivity contribution in [1.82, 2.24) is 9.78 Å². The number of aryl methyl sites for hydroxylation is 2. The van der Waals surface area contributed by atoms with Crippen molar-refractivity contribution in [3.63, 3.8) is 0 Å². The molecule has 1 heterocycles. The second-order valence-corrected chi connectivity index (χ2v) is 4.83. The van der Waals surface area contributed by atoms with Gasteiger partial charge in [0.25, 0.3) is 0 Å². The van der Waals surface area contributed by atoms with Crippen molar-refractivity contribution in [2.24, 2.45) is 12.8 Å². The molecule has 0 fully saturated rings. The van der Waals surface area contributed by atoms with E-state index in [1.807, 2.05) is 49.0 Å². The van der Waals surface area contributed by atoms with E-state index in [9.17, 15) is 4.79 Å². The van der Waals surface area contributed by atoms with Crippen LogP contribution in [0, 0.1) is 6.92 Å². The summed E-state index contributed by atoms with van der Waals surface area (Å²) in [6, 6.07) is 9.38. The lowest BCUT2D eigenvalue weighted by Crippen LogP contribution is -2.33. The number of hydrogen-bond donors (Lipinski definition) is 1. The van der Waals surface area contributed by atoms with Gasteiger partial charge in [-0.25, -0.2) is 0 Å². The molecule has 0 saturated heterocycles. The number of carbonyl (C=O) groups is 1. The zero-order valence-electron chi connectivity index (χ0n) is 12.4. The van der Waals surface area contributed by atoms with Crippen molar-refractivity contribution in [3.05, 3.63) is 41.6 Å². The molecule has 0 amide bonds. The summed E-state index contributed by atoms with van der Waals surface area (Å²) in [5.74, 6) is -0.392. The Kier molecular flexibility index (Phi) is 5.93. The molecule has 2 rings (SSSR count). The number of methoxy groups -OCH3 is 1. The minimum Gasteiger partial charge on any atom is -0.468 e. The molecule has 114 valence electrons. The Morgan fingerprint density at radius 3 is 2.48 bits per heavy atom. The monoisotopic (exact) mass is 309 g/mol. The number of halogens is 1. The van der Waals surface area contributed by atoms with E-state index < -0.39 is 12.0 Å². The van der Waals surface area contributed by atoms with E-state index in [2.05, 4.69) is 9.84 Å². The van der Waals surface area contributed by atoms with Crippen molar-refractivity contribution in [3.8, 4) is 11.3 Å². The van der Waals surface area contributed by atoms with Crippen LogP contribution in [0.4, 0.5) is 0 Å². The molecule has 2 N–H and O–H groups in total. The fourth-order valence-electron chi connectivity index (χ4n) is 2.18. The smallest absolute Gasteiger partial charge is 0.322 e. The number of esters is 1. The molecule has 1 atom stereocenters. The van der Waals surface area contributed by atoms with E-state index in [0.717, 1.165) is 22.5 Å². The van der Waals surface area contributed by atoms with Crippen LogP contribution >= 0.6 is 12.4 Å². The highest BCUT2D eigenvalue weighted by atomic mass is 35.5. The van der Waals surface area contributed by atoms with E-state index in [-0.39, 0.29) is 12.4 Å². The van der Waals surface area contributed by atoms with Crippen LogP contribution in [0.3, 0.4) is 0 Å². The first-order valence-electron chi connectivity index (χ1n) is 6.44. The van der Waals surface area contributed by atoms with Gasteiger partial charge < -0.3 is 10.5 Å². The molecule has 6 heteroatoms. The Bertz CT molecular complexity index is 608. The lowest BCUT2D eigenvalue weighted by molar-refractivity contribution is -0.142. The largest absolute Gasteiger partial charge is 0.468 e. The second-order valence-electron chi connectivity index (χ2n) is 4.83. The zero-order chi connectivity index (χ0) is 14.7. The highest BCUT2D eigenvalue weighted by Gasteiger charge is 2.14. The highest BCUT2D eigenvalue weighted by molar-refractivity contribution is 5.85. The van der Waals surface area contributed by atoms with Gasteiger partial charge in [0, 0.05) is 7.05 Å². The maximum absolute atomic E-state index is 11.3. The number of carbonyl (C=O) groups excluding carboxylic acids is 1. The molecule has 21 heavy (non-hydrogen) atoms. The Hall–Kier alpha value is -1.85. The zero-order valence-corrected chi connectivity index (χ0v) is 13.2. The van der Waals surface area contributed by atoms with E-state index in [0.29, 0.717) is 6.42 Å². The molecule has 0 aliphatic carbocycles. The molecule has 1 aromatic carbocycles. The minimum atomic E-state index is -0.621. The Morgan fingerprint density at radius 1 is 1.38 bits per heavy atom. The number of nitrogens with two attached hydrogens (primary N) is 1. The average molecular weight is 310 g/mol. The van der Waals surface area contributed by atoms with Crippen LogP contribution in [0.5, 0.6) is 0 Å². The van der Waals surface area contributed by atoms with Crippen molar-refractivity contribution >= 4 is 18.4 Å². The molecule has 0 spiro atoms. The van der Waals surface area contributed by atoms with E-state index in [4.69, 9.17) is 5.73 Å². The number of nitrogens with zero attached hydrogens (tertiary/aromatic N) is 2. The number of benzene rings is 1. The molecule has 0 saturated carbocycles. The first-order chi connectivity index (χ1) is 9.51. The van der Waals surface area contributed by atoms with Gasteiger partial charge in [-0.15, -0.1) is 12.4 Å². The van der Waals surface area contributed by atoms with Gasteiger partial charge in [0.15, 0.2) is 0 Å². The van der Waals surface area contributed by atoms with E-state index in [1.54, 1.807) is 0 Å². The Balaban J connectivity index is 0.00000220. The summed E-state index contributed by atoms with van der Waals surface area (Å²) in [4.78, 5) is 11.3. The SMILES string of the molecule is COC(=O)[C@@H](N)Cc1ccc(-c2cc(C)nn2C)cc1.Cl. The van der Waals surface area contributed by atoms with Gasteiger partial charge in [0.2, 0.25) is 0 Å². The fraction of sp³-hybridized carbons (Fsp3) is 0.333. The van der Waals surface area contributed by atoms with Gasteiger partial charge in [-0.2, -0.15) is 5.10 Å². The molecule has 5 nitrogen and oxygen atoms in total. The molecule has 0 unspecified atom stereocenters. The summed E-state index contributed by atoms with van der Waals surface area (Å²) in [5, 5.41) is 4.33. The van der Waals surface area contributed by atoms with Gasteiger partial charge in [-0.3, -0.25) is 9.48 Å². The van der Waals surface area contributed by atoms with Crippen LogP contribution in [0.1, 0.15) is 11.3 Å². The van der Waals surface area contributed by atoms with Gasteiger partial charge in [0.1, 0.15) is 6.04 Å². The van der Waals surface area contributed by atoms with Gasteiger partial charge in [-0.1, -0.05) is 24.3 Å². The van der Waals surface area contributed by atoms with E-state index >= 15 is 0 Å². The summed E-state index contributed by atoms with van der Waals surface area (Å²) < 4.78 is 6.47. The lowest BCUT2D eigenvalue weighted by atomic mass is 10.0. The first-order valence-corrected chi connectivity index (χ1v) is 6.44. The summed E-state index contributed by atoms with van der Waals surface area (Å²) in [7, 11) is 3.26. The number of aromatic nitrogens is 2. The third-order valence-electron chi connectivity index (χ3n) is 3.21. The lowest BCUT2D eigenvalue weighted by Gasteiger charge is -2.09. The van der Waals surface area contributed by atoms with Crippen molar-refractivity contribution in [2.45, 2.75) is 19.4 Å². The van der Waals surface area contributed by atoms with Crippen LogP contribution in [-0.4, -0.2) is 28.9 Å². The average Bonchev–Trinajstić information content (AvgIpc) is 2.77. The topological polar surface area (TPSA) is 70.1 Å². The van der Waals surface area contributed by atoms with Crippen LogP contribution < -0.4 is 5.73 Å². The number of rotatable bonds is 4. The van der Waals surface area contributed by atoms with Crippen molar-refractivity contribution < 1.29 is 9.53 Å². The predicted octanol–water partition coefficient (Wildman–Crippen LogP) is 1.86. The molecule has 0 bridgehead atoms. The third-order valence-corrected chi connectivity index (χ3v) is 3.21. The summed E-state index contributed by atoms with van der Waals surface area (Å²) in [6.07, 6.45) is 0.470. The summed E-state index contributed by atoms with van der Waals surface area (Å²) >= 11 is 0. The van der Waals surface area contributed by atoms with Gasteiger partial charge in [-0.05, 0) is 30.5 Å². The Labute approximate surface area is 130 Å². The van der Waals surface area contributed by atoms with Crippen LogP contribution in [0.15, 0.2) is 30.3 Å². The maximum atomic E-state index is 11.3. The standard InChI is InChI=1S/C15H19N3O2.ClH/c1-10-8-14(18(2)17-10)12-6-4-11(5-7-12)9-13(16)15(19)20-3;/h4-8,13H,9,16H2,1-3H3;1H/t13-;/m0./s1. The highest BCUT2D eigenvalue weighted by Crippen LogP contribution is 2.20. The van der Waals surface area contributed by atoms with E-state index in [1.165, 1.54) is 7.11 Å². The molecular formula is C15H20ClN3O2. The van der Waals surface area contributed by atoms with Crippen LogP contribution in [0.2, 0.25) is 0 Å². The molecule has 1 aromatic heterocycles. The van der Waals surface area contributed by atoms with Gasteiger partial charge >= 0.3 is 5.97 Å². The maximum Gasteiger partial charge on any atom is 0.322 e. The normalized spacial score (nSPS) is 11.6. The van der Waals surface area contributed by atoms with Gasteiger partial charge in [0.05, 0.1) is 18.5 Å². The van der Waals surface area contributed by atoms with Crippen molar-refractivity contribution in [2.75, 3.05) is 7.11 Å². The number of ether oxygens (including phenoxy) is 1. The fourth-order valence-corrected chi connectivity index (χ4v) is 2.18. The summed E-state index contributed by atoms with van der Waals surface area (Å²) in [5.41, 5.74) is 9.89. The number of hydrogen-bond acceptors (Lipinski definition) is 4. The molecule has 0 aliphatic rings. The first kappa shape index (κ1) is 17.2. The summed E-state index contributed by atoms with van der Waals surface area (Å²) in [6.45, 7) is 1.97. The molecular weight excluding hydrogens is 290 g/mol. The Morgan fingerprint density at radius 2 is 2.00 bits per heavy atom. The predicted molar refractivity (Wildman–Crippen MR) is 84.3 cm³/mol. The quantitative estimate of drug-likeness (QED) is 0.875. The van der Waals surface area contributed by atoms with Crippen molar-refractivity contribution in [1.29, 1.82) is 0 Å². The molecule has 0 radical (unpaired) electrons. The minimum absolute atomic E-state index is 0. The van der Waals surface area contributed by atoms with Crippen LogP contribution in [0.25, 0.3) is 11.3 Å². The second kappa shape index (κ2) is 7.24. The third kappa shape index (κ3) is 4.06. The van der Waals surface area contributed by atoms with Crippen LogP contribution in [-0.2, 0) is 23.0 Å².